The van der Waals surface area contributed by atoms with Crippen molar-refractivity contribution in [1.82, 2.24) is 20.4 Å². The third-order valence-electron chi connectivity index (χ3n) is 3.68. The first-order valence-corrected chi connectivity index (χ1v) is 7.68. The van der Waals surface area contributed by atoms with Crippen LogP contribution in [0.25, 0.3) is 11.3 Å². The van der Waals surface area contributed by atoms with Gasteiger partial charge in [0, 0.05) is 12.5 Å². The summed E-state index contributed by atoms with van der Waals surface area (Å²) in [6.45, 7) is 5.34. The molecule has 2 aromatic heterocycles. The molecule has 0 aliphatic heterocycles. The molecule has 0 radical (unpaired) electrons. The van der Waals surface area contributed by atoms with E-state index in [2.05, 4.69) is 20.4 Å². The molecule has 6 nitrogen and oxygen atoms in total. The molecular weight excluding hydrogens is 304 g/mol. The molecule has 0 spiro atoms. The summed E-state index contributed by atoms with van der Waals surface area (Å²) in [7, 11) is 0. The van der Waals surface area contributed by atoms with E-state index in [4.69, 9.17) is 4.52 Å². The second-order valence-electron chi connectivity index (χ2n) is 5.56. The van der Waals surface area contributed by atoms with E-state index in [0.29, 0.717) is 23.0 Å². The molecule has 1 atom stereocenters. The first-order valence-electron chi connectivity index (χ1n) is 7.68. The molecule has 0 bridgehead atoms. The fourth-order valence-electron chi connectivity index (χ4n) is 2.40. The summed E-state index contributed by atoms with van der Waals surface area (Å²) >= 11 is 0. The number of hydrogen-bond donors (Lipinski definition) is 1. The van der Waals surface area contributed by atoms with Gasteiger partial charge in [0.25, 0.3) is 5.91 Å². The summed E-state index contributed by atoms with van der Waals surface area (Å²) in [5.74, 6) is 0.707. The Morgan fingerprint density at radius 2 is 1.83 bits per heavy atom. The zero-order valence-corrected chi connectivity index (χ0v) is 13.8. The Morgan fingerprint density at radius 3 is 2.46 bits per heavy atom. The van der Waals surface area contributed by atoms with E-state index in [1.165, 1.54) is 0 Å². The van der Waals surface area contributed by atoms with E-state index in [0.717, 1.165) is 11.3 Å². The number of amides is 1. The monoisotopic (exact) mass is 322 g/mol. The first kappa shape index (κ1) is 15.9. The van der Waals surface area contributed by atoms with Crippen molar-refractivity contribution >= 4 is 5.91 Å². The van der Waals surface area contributed by atoms with Crippen molar-refractivity contribution in [1.29, 1.82) is 0 Å². The van der Waals surface area contributed by atoms with E-state index in [-0.39, 0.29) is 11.9 Å². The molecule has 0 aliphatic rings. The highest BCUT2D eigenvalue weighted by Gasteiger charge is 2.18. The Labute approximate surface area is 139 Å². The van der Waals surface area contributed by atoms with Gasteiger partial charge in [-0.15, -0.1) is 0 Å². The van der Waals surface area contributed by atoms with Crippen molar-refractivity contribution in [3.8, 4) is 11.3 Å². The van der Waals surface area contributed by atoms with Gasteiger partial charge in [0.05, 0.1) is 23.0 Å². The zero-order chi connectivity index (χ0) is 17.1. The number of rotatable bonds is 4. The van der Waals surface area contributed by atoms with Crippen LogP contribution in [0.5, 0.6) is 0 Å². The van der Waals surface area contributed by atoms with Crippen molar-refractivity contribution in [2.24, 2.45) is 0 Å². The molecule has 2 heterocycles. The third-order valence-corrected chi connectivity index (χ3v) is 3.68. The Hall–Kier alpha value is -3.02. The molecule has 1 aromatic carbocycles. The highest BCUT2D eigenvalue weighted by atomic mass is 16.5. The molecule has 3 rings (SSSR count). The largest absolute Gasteiger partial charge is 0.342 e. The number of aromatic nitrogens is 3. The fourth-order valence-corrected chi connectivity index (χ4v) is 2.40. The topological polar surface area (TPSA) is 80.9 Å². The smallest absolute Gasteiger partial charge is 0.253 e. The lowest BCUT2D eigenvalue weighted by molar-refractivity contribution is 0.0937. The second-order valence-corrected chi connectivity index (χ2v) is 5.56. The SMILES string of the molecule is Cc1nc(C(C)NC(=O)c2ccc(-c3ccccc3)nc2C)no1. The van der Waals surface area contributed by atoms with Crippen LogP contribution in [0.15, 0.2) is 47.0 Å². The third kappa shape index (κ3) is 3.32. The number of carbonyl (C=O) groups excluding carboxylic acids is 1. The van der Waals surface area contributed by atoms with E-state index < -0.39 is 0 Å². The van der Waals surface area contributed by atoms with Gasteiger partial charge in [0.1, 0.15) is 0 Å². The van der Waals surface area contributed by atoms with E-state index in [1.807, 2.05) is 50.2 Å². The highest BCUT2D eigenvalue weighted by molar-refractivity contribution is 5.95. The Bertz CT molecular complexity index is 858. The summed E-state index contributed by atoms with van der Waals surface area (Å²) in [6, 6.07) is 13.1. The average molecular weight is 322 g/mol. The fraction of sp³-hybridized carbons (Fsp3) is 0.222. The number of nitrogens with zero attached hydrogens (tertiary/aromatic N) is 3. The molecule has 1 unspecified atom stereocenters. The quantitative estimate of drug-likeness (QED) is 0.797. The van der Waals surface area contributed by atoms with Crippen molar-refractivity contribution in [2.45, 2.75) is 26.8 Å². The molecule has 122 valence electrons. The Kier molecular flexibility index (Phi) is 4.37. The summed E-state index contributed by atoms with van der Waals surface area (Å²) < 4.78 is 4.94. The predicted molar refractivity (Wildman–Crippen MR) is 89.3 cm³/mol. The summed E-state index contributed by atoms with van der Waals surface area (Å²) in [5, 5.41) is 6.68. The Balaban J connectivity index is 1.78. The highest BCUT2D eigenvalue weighted by Crippen LogP contribution is 2.19. The van der Waals surface area contributed by atoms with Crippen LogP contribution in [0.3, 0.4) is 0 Å². The van der Waals surface area contributed by atoms with Crippen molar-refractivity contribution in [3.05, 3.63) is 65.4 Å². The summed E-state index contributed by atoms with van der Waals surface area (Å²) in [6.07, 6.45) is 0. The predicted octanol–water partition coefficient (Wildman–Crippen LogP) is 3.24. The van der Waals surface area contributed by atoms with Gasteiger partial charge in [0.2, 0.25) is 5.89 Å². The summed E-state index contributed by atoms with van der Waals surface area (Å²) in [5.41, 5.74) is 3.06. The van der Waals surface area contributed by atoms with Gasteiger partial charge in [-0.1, -0.05) is 35.5 Å². The lowest BCUT2D eigenvalue weighted by atomic mass is 10.1. The molecule has 1 N–H and O–H groups in total. The van der Waals surface area contributed by atoms with Gasteiger partial charge in [0.15, 0.2) is 5.82 Å². The van der Waals surface area contributed by atoms with Crippen molar-refractivity contribution in [2.75, 3.05) is 0 Å². The summed E-state index contributed by atoms with van der Waals surface area (Å²) in [4.78, 5) is 21.1. The van der Waals surface area contributed by atoms with Gasteiger partial charge in [-0.05, 0) is 26.0 Å². The van der Waals surface area contributed by atoms with Gasteiger partial charge in [-0.3, -0.25) is 9.78 Å². The van der Waals surface area contributed by atoms with Crippen LogP contribution in [0.4, 0.5) is 0 Å². The van der Waals surface area contributed by atoms with Gasteiger partial charge < -0.3 is 9.84 Å². The molecular formula is C18H18N4O2. The number of aryl methyl sites for hydroxylation is 2. The number of carbonyl (C=O) groups is 1. The molecule has 0 fully saturated rings. The van der Waals surface area contributed by atoms with Gasteiger partial charge in [-0.25, -0.2) is 0 Å². The van der Waals surface area contributed by atoms with E-state index >= 15 is 0 Å². The number of nitrogens with one attached hydrogen (secondary N) is 1. The molecule has 24 heavy (non-hydrogen) atoms. The Morgan fingerprint density at radius 1 is 1.08 bits per heavy atom. The second kappa shape index (κ2) is 6.62. The molecule has 3 aromatic rings. The van der Waals surface area contributed by atoms with Crippen LogP contribution >= 0.6 is 0 Å². The van der Waals surface area contributed by atoms with Gasteiger partial charge >= 0.3 is 0 Å². The lowest BCUT2D eigenvalue weighted by Crippen LogP contribution is -2.28. The first-order chi connectivity index (χ1) is 11.5. The number of benzene rings is 1. The molecule has 6 heteroatoms. The molecule has 0 saturated heterocycles. The molecule has 0 aliphatic carbocycles. The molecule has 0 saturated carbocycles. The minimum absolute atomic E-state index is 0.213. The lowest BCUT2D eigenvalue weighted by Gasteiger charge is -2.12. The van der Waals surface area contributed by atoms with Crippen LogP contribution in [0, 0.1) is 13.8 Å². The van der Waals surface area contributed by atoms with Crippen LogP contribution in [-0.2, 0) is 0 Å². The van der Waals surface area contributed by atoms with Gasteiger partial charge in [-0.2, -0.15) is 4.98 Å². The minimum Gasteiger partial charge on any atom is -0.342 e. The van der Waals surface area contributed by atoms with E-state index in [1.54, 1.807) is 13.0 Å². The van der Waals surface area contributed by atoms with Crippen LogP contribution in [0.1, 0.15) is 40.7 Å². The maximum absolute atomic E-state index is 12.5. The zero-order valence-electron chi connectivity index (χ0n) is 13.8. The number of pyridine rings is 1. The van der Waals surface area contributed by atoms with Crippen LogP contribution in [0.2, 0.25) is 0 Å². The standard InChI is InChI=1S/C18H18N4O2/c1-11-15(9-10-16(19-11)14-7-5-4-6-8-14)18(23)20-12(2)17-21-13(3)24-22-17/h4-10,12H,1-3H3,(H,20,23). The van der Waals surface area contributed by atoms with Crippen molar-refractivity contribution in [3.63, 3.8) is 0 Å². The maximum Gasteiger partial charge on any atom is 0.253 e. The minimum atomic E-state index is -0.344. The van der Waals surface area contributed by atoms with E-state index in [9.17, 15) is 4.79 Å². The van der Waals surface area contributed by atoms with Crippen LogP contribution in [-0.4, -0.2) is 21.0 Å². The number of hydrogen-bond acceptors (Lipinski definition) is 5. The maximum atomic E-state index is 12.5. The normalized spacial score (nSPS) is 12.0. The van der Waals surface area contributed by atoms with Crippen LogP contribution < -0.4 is 5.32 Å². The average Bonchev–Trinajstić information content (AvgIpc) is 3.02. The molecule has 1 amide bonds. The van der Waals surface area contributed by atoms with Crippen molar-refractivity contribution < 1.29 is 9.32 Å².